The van der Waals surface area contributed by atoms with Gasteiger partial charge in [0.2, 0.25) is 0 Å². The first-order valence-electron chi connectivity index (χ1n) is 6.59. The van der Waals surface area contributed by atoms with Crippen molar-refractivity contribution in [3.8, 4) is 0 Å². The molecule has 0 aromatic heterocycles. The van der Waals surface area contributed by atoms with Crippen molar-refractivity contribution in [3.63, 3.8) is 0 Å². The van der Waals surface area contributed by atoms with E-state index in [1.54, 1.807) is 12.1 Å². The van der Waals surface area contributed by atoms with Crippen LogP contribution in [-0.2, 0) is 11.3 Å². The molecular formula is C14H17ClN2O3. The maximum atomic E-state index is 12.1. The summed E-state index contributed by atoms with van der Waals surface area (Å²) in [6.45, 7) is 0.820. The average molecular weight is 297 g/mol. The summed E-state index contributed by atoms with van der Waals surface area (Å²) in [5, 5.41) is 12.5. The van der Waals surface area contributed by atoms with Gasteiger partial charge in [0.1, 0.15) is 6.04 Å². The molecule has 1 aromatic carbocycles. The number of carbonyl (C=O) groups is 2. The first kappa shape index (κ1) is 14.7. The van der Waals surface area contributed by atoms with Gasteiger partial charge in [-0.3, -0.25) is 0 Å². The molecule has 1 saturated heterocycles. The number of carboxylic acid groups (broad SMARTS) is 1. The lowest BCUT2D eigenvalue weighted by atomic mass is 10.0. The molecule has 2 rings (SSSR count). The summed E-state index contributed by atoms with van der Waals surface area (Å²) in [4.78, 5) is 24.6. The van der Waals surface area contributed by atoms with Gasteiger partial charge in [-0.1, -0.05) is 23.7 Å². The Morgan fingerprint density at radius 1 is 1.40 bits per heavy atom. The maximum Gasteiger partial charge on any atom is 0.326 e. The van der Waals surface area contributed by atoms with Crippen LogP contribution in [0.3, 0.4) is 0 Å². The van der Waals surface area contributed by atoms with Gasteiger partial charge in [-0.25, -0.2) is 9.59 Å². The molecule has 1 unspecified atom stereocenters. The molecule has 2 N–H and O–H groups in total. The topological polar surface area (TPSA) is 69.6 Å². The van der Waals surface area contributed by atoms with E-state index in [1.165, 1.54) is 4.90 Å². The predicted octanol–water partition coefficient (Wildman–Crippen LogP) is 2.49. The van der Waals surface area contributed by atoms with Crippen LogP contribution in [0.15, 0.2) is 24.3 Å². The van der Waals surface area contributed by atoms with Crippen LogP contribution in [0.4, 0.5) is 4.79 Å². The van der Waals surface area contributed by atoms with Gasteiger partial charge in [0.25, 0.3) is 0 Å². The van der Waals surface area contributed by atoms with E-state index in [1.807, 2.05) is 12.1 Å². The molecule has 0 radical (unpaired) electrons. The molecule has 1 atom stereocenters. The van der Waals surface area contributed by atoms with Gasteiger partial charge in [-0.2, -0.15) is 0 Å². The van der Waals surface area contributed by atoms with Crippen molar-refractivity contribution in [2.75, 3.05) is 6.54 Å². The summed E-state index contributed by atoms with van der Waals surface area (Å²) in [5.41, 5.74) is 0.884. The molecule has 1 aliphatic rings. The van der Waals surface area contributed by atoms with Crippen LogP contribution < -0.4 is 5.32 Å². The molecule has 108 valence electrons. The fourth-order valence-corrected chi connectivity index (χ4v) is 2.57. The Labute approximate surface area is 122 Å². The number of carbonyl (C=O) groups excluding carboxylic acids is 1. The summed E-state index contributed by atoms with van der Waals surface area (Å²) >= 11 is 5.87. The minimum Gasteiger partial charge on any atom is -0.480 e. The standard InChI is InChI=1S/C14H17ClN2O3/c15-11-5-3-4-10(8-11)9-16-14(20)17-7-2-1-6-12(17)13(18)19/h3-5,8,12H,1-2,6-7,9H2,(H,16,20)(H,18,19). The molecule has 0 bridgehead atoms. The van der Waals surface area contributed by atoms with E-state index in [4.69, 9.17) is 16.7 Å². The molecule has 1 aliphatic heterocycles. The SMILES string of the molecule is O=C(O)C1CCCCN1C(=O)NCc1cccc(Cl)c1. The quantitative estimate of drug-likeness (QED) is 0.900. The number of hydrogen-bond acceptors (Lipinski definition) is 2. The van der Waals surface area contributed by atoms with E-state index in [9.17, 15) is 9.59 Å². The maximum absolute atomic E-state index is 12.1. The number of nitrogens with one attached hydrogen (secondary N) is 1. The Bertz CT molecular complexity index is 507. The van der Waals surface area contributed by atoms with Gasteiger partial charge in [-0.15, -0.1) is 0 Å². The third kappa shape index (κ3) is 3.63. The Balaban J connectivity index is 1.95. The normalized spacial score (nSPS) is 18.6. The lowest BCUT2D eigenvalue weighted by molar-refractivity contribution is -0.143. The number of carboxylic acids is 1. The first-order valence-corrected chi connectivity index (χ1v) is 6.97. The second-order valence-corrected chi connectivity index (χ2v) is 5.27. The summed E-state index contributed by atoms with van der Waals surface area (Å²) in [6.07, 6.45) is 2.20. The zero-order valence-corrected chi connectivity index (χ0v) is 11.8. The highest BCUT2D eigenvalue weighted by atomic mass is 35.5. The van der Waals surface area contributed by atoms with Gasteiger partial charge in [0, 0.05) is 18.1 Å². The summed E-state index contributed by atoms with van der Waals surface area (Å²) in [6, 6.07) is 6.15. The minimum absolute atomic E-state index is 0.336. The van der Waals surface area contributed by atoms with Crippen molar-refractivity contribution < 1.29 is 14.7 Å². The molecule has 2 amide bonds. The van der Waals surface area contributed by atoms with Crippen molar-refractivity contribution in [2.45, 2.75) is 31.8 Å². The van der Waals surface area contributed by atoms with Crippen LogP contribution in [0, 0.1) is 0 Å². The number of urea groups is 1. The molecule has 6 heteroatoms. The zero-order valence-electron chi connectivity index (χ0n) is 11.0. The number of benzene rings is 1. The highest BCUT2D eigenvalue weighted by molar-refractivity contribution is 6.30. The highest BCUT2D eigenvalue weighted by Gasteiger charge is 2.31. The fourth-order valence-electron chi connectivity index (χ4n) is 2.36. The van der Waals surface area contributed by atoms with E-state index in [2.05, 4.69) is 5.32 Å². The van der Waals surface area contributed by atoms with E-state index >= 15 is 0 Å². The molecule has 1 aromatic rings. The highest BCUT2D eigenvalue weighted by Crippen LogP contribution is 2.17. The van der Waals surface area contributed by atoms with Crippen LogP contribution in [0.2, 0.25) is 5.02 Å². The minimum atomic E-state index is -0.942. The number of nitrogens with zero attached hydrogens (tertiary/aromatic N) is 1. The van der Waals surface area contributed by atoms with E-state index in [0.717, 1.165) is 18.4 Å². The van der Waals surface area contributed by atoms with Crippen molar-refractivity contribution >= 4 is 23.6 Å². The number of amides is 2. The van der Waals surface area contributed by atoms with Crippen LogP contribution in [-0.4, -0.2) is 34.6 Å². The van der Waals surface area contributed by atoms with Crippen LogP contribution in [0.1, 0.15) is 24.8 Å². The largest absolute Gasteiger partial charge is 0.480 e. The lowest BCUT2D eigenvalue weighted by Gasteiger charge is -2.32. The van der Waals surface area contributed by atoms with Crippen molar-refractivity contribution in [2.24, 2.45) is 0 Å². The molecule has 0 aliphatic carbocycles. The third-order valence-corrected chi connectivity index (χ3v) is 3.62. The number of likely N-dealkylation sites (tertiary alicyclic amines) is 1. The summed E-state index contributed by atoms with van der Waals surface area (Å²) < 4.78 is 0. The van der Waals surface area contributed by atoms with Gasteiger partial charge in [0.05, 0.1) is 0 Å². The summed E-state index contributed by atoms with van der Waals surface area (Å²) in [7, 11) is 0. The summed E-state index contributed by atoms with van der Waals surface area (Å²) in [5.74, 6) is -0.942. The van der Waals surface area contributed by atoms with E-state index < -0.39 is 12.0 Å². The number of halogens is 1. The monoisotopic (exact) mass is 296 g/mol. The Morgan fingerprint density at radius 2 is 2.20 bits per heavy atom. The van der Waals surface area contributed by atoms with Crippen molar-refractivity contribution in [1.82, 2.24) is 10.2 Å². The van der Waals surface area contributed by atoms with Gasteiger partial charge in [0.15, 0.2) is 0 Å². The molecule has 5 nitrogen and oxygen atoms in total. The van der Waals surface area contributed by atoms with Crippen molar-refractivity contribution in [3.05, 3.63) is 34.9 Å². The predicted molar refractivity (Wildman–Crippen MR) is 75.7 cm³/mol. The number of aliphatic carboxylic acids is 1. The van der Waals surface area contributed by atoms with E-state index in [0.29, 0.717) is 24.5 Å². The van der Waals surface area contributed by atoms with Crippen LogP contribution in [0.25, 0.3) is 0 Å². The van der Waals surface area contributed by atoms with Crippen LogP contribution >= 0.6 is 11.6 Å². The van der Waals surface area contributed by atoms with Gasteiger partial charge >= 0.3 is 12.0 Å². The van der Waals surface area contributed by atoms with Crippen LogP contribution in [0.5, 0.6) is 0 Å². The Kier molecular flexibility index (Phi) is 4.84. The smallest absolute Gasteiger partial charge is 0.326 e. The Hall–Kier alpha value is -1.75. The van der Waals surface area contributed by atoms with Gasteiger partial charge < -0.3 is 15.3 Å². The molecule has 1 heterocycles. The Morgan fingerprint density at radius 3 is 2.90 bits per heavy atom. The molecule has 1 fully saturated rings. The average Bonchev–Trinajstić information content (AvgIpc) is 2.45. The number of hydrogen-bond donors (Lipinski definition) is 2. The molecular weight excluding hydrogens is 280 g/mol. The van der Waals surface area contributed by atoms with Gasteiger partial charge in [-0.05, 0) is 37.0 Å². The molecule has 0 spiro atoms. The molecule has 0 saturated carbocycles. The number of piperidine rings is 1. The third-order valence-electron chi connectivity index (χ3n) is 3.38. The van der Waals surface area contributed by atoms with E-state index in [-0.39, 0.29) is 6.03 Å². The van der Waals surface area contributed by atoms with Crippen molar-refractivity contribution in [1.29, 1.82) is 0 Å². The zero-order chi connectivity index (χ0) is 14.5. The second kappa shape index (κ2) is 6.61. The lowest BCUT2D eigenvalue weighted by Crippen LogP contribution is -2.51. The first-order chi connectivity index (χ1) is 9.58. The second-order valence-electron chi connectivity index (χ2n) is 4.83. The number of rotatable bonds is 3. The fraction of sp³-hybridized carbons (Fsp3) is 0.429. The molecule has 20 heavy (non-hydrogen) atoms.